The van der Waals surface area contributed by atoms with Crippen molar-refractivity contribution in [2.75, 3.05) is 20.3 Å². The van der Waals surface area contributed by atoms with Gasteiger partial charge in [-0.1, -0.05) is 0 Å². The lowest BCUT2D eigenvalue weighted by Gasteiger charge is -2.40. The highest BCUT2D eigenvalue weighted by Gasteiger charge is 2.44. The van der Waals surface area contributed by atoms with Gasteiger partial charge in [0, 0.05) is 19.2 Å². The molecule has 17 heavy (non-hydrogen) atoms. The van der Waals surface area contributed by atoms with Crippen LogP contribution in [0, 0.1) is 0 Å². The van der Waals surface area contributed by atoms with Crippen molar-refractivity contribution in [2.24, 2.45) is 5.14 Å². The number of hydrogen-bond acceptors (Lipinski definition) is 4. The Morgan fingerprint density at radius 2 is 2.29 bits per heavy atom. The minimum Gasteiger partial charge on any atom is -0.374 e. The fourth-order valence-electron chi connectivity index (χ4n) is 1.86. The van der Waals surface area contributed by atoms with Gasteiger partial charge in [-0.05, 0) is 13.8 Å². The van der Waals surface area contributed by atoms with Crippen LogP contribution in [0.2, 0.25) is 0 Å². The van der Waals surface area contributed by atoms with Gasteiger partial charge in [-0.3, -0.25) is 4.68 Å². The molecule has 1 saturated heterocycles. The molecule has 0 spiro atoms. The normalized spacial score (nSPS) is 20.3. The van der Waals surface area contributed by atoms with E-state index in [0.717, 1.165) is 5.69 Å². The lowest BCUT2D eigenvalue weighted by Crippen LogP contribution is -2.49. The highest BCUT2D eigenvalue weighted by atomic mass is 32.2. The first-order valence-electron chi connectivity index (χ1n) is 5.39. The molecule has 1 aliphatic heterocycles. The number of nitrogens with two attached hydrogens (primary N) is 1. The molecule has 1 atom stereocenters. The average Bonchev–Trinajstić information content (AvgIpc) is 2.62. The lowest BCUT2D eigenvalue weighted by atomic mass is 9.97. The van der Waals surface area contributed by atoms with E-state index in [0.29, 0.717) is 18.2 Å². The Hall–Kier alpha value is -0.760. The number of nitrogens with zero attached hydrogens (tertiary/aromatic N) is 2. The SMILES string of the molecule is COC1(c2cc(S(N)=O)nn2C(C)C)COC1. The Labute approximate surface area is 103 Å². The van der Waals surface area contributed by atoms with Crippen molar-refractivity contribution in [1.82, 2.24) is 9.78 Å². The molecule has 2 rings (SSSR count). The summed E-state index contributed by atoms with van der Waals surface area (Å²) in [7, 11) is 0.0602. The van der Waals surface area contributed by atoms with Gasteiger partial charge >= 0.3 is 0 Å². The highest BCUT2D eigenvalue weighted by molar-refractivity contribution is 7.82. The zero-order valence-corrected chi connectivity index (χ0v) is 11.0. The highest BCUT2D eigenvalue weighted by Crippen LogP contribution is 2.35. The van der Waals surface area contributed by atoms with Crippen molar-refractivity contribution in [2.45, 2.75) is 30.5 Å². The minimum atomic E-state index is -1.58. The Bertz CT molecular complexity index is 434. The van der Waals surface area contributed by atoms with Crippen LogP contribution in [0.3, 0.4) is 0 Å². The van der Waals surface area contributed by atoms with E-state index in [1.165, 1.54) is 0 Å². The Kier molecular flexibility index (Phi) is 3.35. The fraction of sp³-hybridized carbons (Fsp3) is 0.700. The number of aromatic nitrogens is 2. The van der Waals surface area contributed by atoms with E-state index >= 15 is 0 Å². The second-order valence-corrected chi connectivity index (χ2v) is 5.41. The van der Waals surface area contributed by atoms with Crippen LogP contribution in [0.5, 0.6) is 0 Å². The molecule has 0 aliphatic carbocycles. The first-order chi connectivity index (χ1) is 8.00. The molecule has 96 valence electrons. The zero-order valence-electron chi connectivity index (χ0n) is 10.2. The smallest absolute Gasteiger partial charge is 0.164 e. The van der Waals surface area contributed by atoms with Crippen molar-refractivity contribution in [3.8, 4) is 0 Å². The molecule has 7 heteroatoms. The lowest BCUT2D eigenvalue weighted by molar-refractivity contribution is -0.206. The molecule has 0 radical (unpaired) electrons. The van der Waals surface area contributed by atoms with E-state index in [1.54, 1.807) is 17.9 Å². The second kappa shape index (κ2) is 4.49. The molecule has 2 heterocycles. The van der Waals surface area contributed by atoms with Gasteiger partial charge in [0.05, 0.1) is 18.9 Å². The monoisotopic (exact) mass is 259 g/mol. The molecule has 1 aromatic heterocycles. The fourth-order valence-corrected chi connectivity index (χ4v) is 2.26. The quantitative estimate of drug-likeness (QED) is 0.844. The molecule has 6 nitrogen and oxygen atoms in total. The molecule has 1 unspecified atom stereocenters. The van der Waals surface area contributed by atoms with Crippen LogP contribution < -0.4 is 5.14 Å². The van der Waals surface area contributed by atoms with Crippen LogP contribution in [0.25, 0.3) is 0 Å². The maximum absolute atomic E-state index is 11.3. The van der Waals surface area contributed by atoms with E-state index in [9.17, 15) is 4.21 Å². The first kappa shape index (κ1) is 12.7. The van der Waals surface area contributed by atoms with Gasteiger partial charge in [0.15, 0.2) is 10.6 Å². The van der Waals surface area contributed by atoms with Gasteiger partial charge in [0.1, 0.15) is 11.0 Å². The summed E-state index contributed by atoms with van der Waals surface area (Å²) < 4.78 is 23.8. The van der Waals surface area contributed by atoms with Crippen LogP contribution in [-0.4, -0.2) is 34.3 Å². The van der Waals surface area contributed by atoms with Gasteiger partial charge < -0.3 is 9.47 Å². The standard InChI is InChI=1S/C10H17N3O3S/c1-7(2)13-8(4-9(12-13)17(11)14)10(15-3)5-16-6-10/h4,7H,5-6,11H2,1-3H3. The Balaban J connectivity index is 2.47. The van der Waals surface area contributed by atoms with Crippen molar-refractivity contribution in [1.29, 1.82) is 0 Å². The molecule has 0 bridgehead atoms. The third kappa shape index (κ3) is 2.03. The second-order valence-electron chi connectivity index (χ2n) is 4.39. The molecule has 2 N–H and O–H groups in total. The van der Waals surface area contributed by atoms with Crippen molar-refractivity contribution in [3.05, 3.63) is 11.8 Å². The minimum absolute atomic E-state index is 0.148. The van der Waals surface area contributed by atoms with Gasteiger partial charge in [0.2, 0.25) is 0 Å². The maximum Gasteiger partial charge on any atom is 0.164 e. The van der Waals surface area contributed by atoms with Crippen molar-refractivity contribution >= 4 is 11.0 Å². The van der Waals surface area contributed by atoms with Crippen LogP contribution in [-0.2, 0) is 26.1 Å². The van der Waals surface area contributed by atoms with Gasteiger partial charge in [0.25, 0.3) is 0 Å². The van der Waals surface area contributed by atoms with Crippen LogP contribution in [0.1, 0.15) is 25.6 Å². The van der Waals surface area contributed by atoms with Crippen LogP contribution in [0.15, 0.2) is 11.1 Å². The Morgan fingerprint density at radius 3 is 2.65 bits per heavy atom. The number of methoxy groups -OCH3 is 1. The van der Waals surface area contributed by atoms with E-state index in [1.807, 2.05) is 13.8 Å². The summed E-state index contributed by atoms with van der Waals surface area (Å²) in [6.07, 6.45) is 0. The third-order valence-corrected chi connectivity index (χ3v) is 3.55. The van der Waals surface area contributed by atoms with Crippen molar-refractivity contribution < 1.29 is 13.7 Å². The van der Waals surface area contributed by atoms with Crippen molar-refractivity contribution in [3.63, 3.8) is 0 Å². The molecule has 0 aromatic carbocycles. The average molecular weight is 259 g/mol. The molecule has 0 amide bonds. The summed E-state index contributed by atoms with van der Waals surface area (Å²) in [5.41, 5.74) is 0.393. The van der Waals surface area contributed by atoms with Crippen LogP contribution >= 0.6 is 0 Å². The molecule has 1 aliphatic rings. The number of hydrogen-bond donors (Lipinski definition) is 1. The van der Waals surface area contributed by atoms with Gasteiger partial charge in [-0.2, -0.15) is 5.10 Å². The van der Waals surface area contributed by atoms with Gasteiger partial charge in [-0.15, -0.1) is 0 Å². The molecule has 1 aromatic rings. The predicted molar refractivity (Wildman–Crippen MR) is 62.7 cm³/mol. The zero-order chi connectivity index (χ0) is 12.6. The summed E-state index contributed by atoms with van der Waals surface area (Å²) in [5.74, 6) is 0. The third-order valence-electron chi connectivity index (χ3n) is 2.94. The first-order valence-corrected chi connectivity index (χ1v) is 6.60. The topological polar surface area (TPSA) is 79.4 Å². The summed E-state index contributed by atoms with van der Waals surface area (Å²) in [6.45, 7) is 4.97. The largest absolute Gasteiger partial charge is 0.374 e. The molecular formula is C10H17N3O3S. The van der Waals surface area contributed by atoms with E-state index in [2.05, 4.69) is 5.10 Å². The Morgan fingerprint density at radius 1 is 1.65 bits per heavy atom. The number of rotatable bonds is 4. The van der Waals surface area contributed by atoms with E-state index < -0.39 is 16.6 Å². The van der Waals surface area contributed by atoms with E-state index in [-0.39, 0.29) is 6.04 Å². The van der Waals surface area contributed by atoms with E-state index in [4.69, 9.17) is 14.6 Å². The summed E-state index contributed by atoms with van der Waals surface area (Å²) in [6, 6.07) is 1.89. The number of ether oxygens (including phenoxy) is 2. The van der Waals surface area contributed by atoms with Crippen LogP contribution in [0.4, 0.5) is 0 Å². The molecule has 0 saturated carbocycles. The summed E-state index contributed by atoms with van der Waals surface area (Å²) in [4.78, 5) is 0. The predicted octanol–water partition coefficient (Wildman–Crippen LogP) is 0.317. The summed E-state index contributed by atoms with van der Waals surface area (Å²) in [5, 5.41) is 10.00. The maximum atomic E-state index is 11.3. The summed E-state index contributed by atoms with van der Waals surface area (Å²) >= 11 is 0. The molecule has 1 fully saturated rings. The van der Waals surface area contributed by atoms with Gasteiger partial charge in [-0.25, -0.2) is 9.35 Å². The molecular weight excluding hydrogens is 242 g/mol.